The molecule has 0 radical (unpaired) electrons. The van der Waals surface area contributed by atoms with Gasteiger partial charge in [0.25, 0.3) is 0 Å². The third-order valence-electron chi connectivity index (χ3n) is 2.76. The van der Waals surface area contributed by atoms with E-state index in [1.54, 1.807) is 13.2 Å². The van der Waals surface area contributed by atoms with Crippen molar-refractivity contribution in [2.75, 3.05) is 7.11 Å². The van der Waals surface area contributed by atoms with Gasteiger partial charge in [0.1, 0.15) is 10.8 Å². The fourth-order valence-electron chi connectivity index (χ4n) is 1.77. The van der Waals surface area contributed by atoms with Crippen LogP contribution in [0.5, 0.6) is 5.75 Å². The van der Waals surface area contributed by atoms with E-state index in [1.165, 1.54) is 11.3 Å². The Hall–Kier alpha value is -2.14. The van der Waals surface area contributed by atoms with Gasteiger partial charge in [-0.2, -0.15) is 0 Å². The summed E-state index contributed by atoms with van der Waals surface area (Å²) in [6.07, 6.45) is 3.50. The highest BCUT2D eigenvalue weighted by atomic mass is 32.1. The summed E-state index contributed by atoms with van der Waals surface area (Å²) in [6, 6.07) is 7.67. The molecule has 0 atom stereocenters. The van der Waals surface area contributed by atoms with E-state index in [1.807, 2.05) is 31.2 Å². The van der Waals surface area contributed by atoms with Crippen molar-refractivity contribution in [2.45, 2.75) is 13.3 Å². The Kier molecular flexibility index (Phi) is 4.53. The first-order valence-corrected chi connectivity index (χ1v) is 7.00. The van der Waals surface area contributed by atoms with Crippen molar-refractivity contribution in [1.29, 1.82) is 0 Å². The molecule has 0 unspecified atom stereocenters. The summed E-state index contributed by atoms with van der Waals surface area (Å²) in [5.74, 6) is -0.179. The second-order valence-corrected chi connectivity index (χ2v) is 5.12. The number of carboxylic acids is 1. The second kappa shape index (κ2) is 6.34. The van der Waals surface area contributed by atoms with Crippen LogP contribution in [-0.2, 0) is 11.2 Å². The van der Waals surface area contributed by atoms with Gasteiger partial charge in [0.05, 0.1) is 17.7 Å². The molecule has 1 N–H and O–H groups in total. The third-order valence-corrected chi connectivity index (χ3v) is 3.87. The Morgan fingerprint density at radius 3 is 2.95 bits per heavy atom. The number of carbonyl (C=O) groups is 1. The maximum absolute atomic E-state index is 10.6. The Labute approximate surface area is 121 Å². The maximum atomic E-state index is 10.6. The lowest BCUT2D eigenvalue weighted by atomic mass is 10.2. The highest BCUT2D eigenvalue weighted by molar-refractivity contribution is 7.16. The molecule has 0 amide bonds. The fraction of sp³-hybridized carbons (Fsp3) is 0.200. The van der Waals surface area contributed by atoms with Crippen LogP contribution >= 0.6 is 11.3 Å². The number of thiazole rings is 1. The lowest BCUT2D eigenvalue weighted by molar-refractivity contribution is -0.131. The molecule has 0 fully saturated rings. The zero-order valence-electron chi connectivity index (χ0n) is 11.3. The van der Waals surface area contributed by atoms with Gasteiger partial charge >= 0.3 is 5.97 Å². The van der Waals surface area contributed by atoms with Gasteiger partial charge in [-0.3, -0.25) is 0 Å². The average molecular weight is 289 g/mol. The van der Waals surface area contributed by atoms with Gasteiger partial charge in [-0.05, 0) is 24.6 Å². The van der Waals surface area contributed by atoms with Crippen LogP contribution in [0.25, 0.3) is 16.6 Å². The first kappa shape index (κ1) is 14.3. The minimum atomic E-state index is -0.955. The number of methoxy groups -OCH3 is 1. The number of carboxylic acid groups (broad SMARTS) is 1. The minimum Gasteiger partial charge on any atom is -0.497 e. The number of aryl methyl sites for hydroxylation is 1. The third kappa shape index (κ3) is 3.24. The predicted molar refractivity (Wildman–Crippen MR) is 80.1 cm³/mol. The van der Waals surface area contributed by atoms with Gasteiger partial charge in [-0.15, -0.1) is 11.3 Å². The molecule has 0 aliphatic rings. The first-order chi connectivity index (χ1) is 9.63. The first-order valence-electron chi connectivity index (χ1n) is 6.19. The standard InChI is InChI=1S/C15H15NO3S/c1-3-12-13(7-8-14(17)18)20-15(16-12)10-5-4-6-11(9-10)19-2/h4-9H,3H2,1-2H3,(H,17,18)/b8-7+. The Bertz CT molecular complexity index is 646. The molecule has 4 nitrogen and oxygen atoms in total. The van der Waals surface area contributed by atoms with Gasteiger partial charge in [0.15, 0.2) is 0 Å². The molecule has 1 aromatic heterocycles. The molecule has 0 saturated heterocycles. The molecule has 0 aliphatic heterocycles. The maximum Gasteiger partial charge on any atom is 0.328 e. The molecule has 20 heavy (non-hydrogen) atoms. The number of aliphatic carboxylic acids is 1. The van der Waals surface area contributed by atoms with E-state index < -0.39 is 5.97 Å². The summed E-state index contributed by atoms with van der Waals surface area (Å²) in [6.45, 7) is 2.00. The highest BCUT2D eigenvalue weighted by Crippen LogP contribution is 2.31. The molecule has 0 saturated carbocycles. The Morgan fingerprint density at radius 1 is 1.50 bits per heavy atom. The van der Waals surface area contributed by atoms with E-state index in [0.717, 1.165) is 39.4 Å². The summed E-state index contributed by atoms with van der Waals surface area (Å²) in [5, 5.41) is 9.58. The molecule has 0 spiro atoms. The molecule has 2 aromatic rings. The van der Waals surface area contributed by atoms with Crippen LogP contribution in [0.1, 0.15) is 17.5 Å². The number of nitrogens with zero attached hydrogens (tertiary/aromatic N) is 1. The second-order valence-electron chi connectivity index (χ2n) is 4.09. The van der Waals surface area contributed by atoms with Gasteiger partial charge in [0.2, 0.25) is 0 Å². The molecule has 0 aliphatic carbocycles. The molecule has 1 aromatic carbocycles. The normalized spacial score (nSPS) is 10.9. The van der Waals surface area contributed by atoms with E-state index in [2.05, 4.69) is 4.98 Å². The van der Waals surface area contributed by atoms with Crippen molar-refractivity contribution in [3.63, 3.8) is 0 Å². The topological polar surface area (TPSA) is 59.4 Å². The van der Waals surface area contributed by atoms with Crippen molar-refractivity contribution in [2.24, 2.45) is 0 Å². The number of hydrogen-bond donors (Lipinski definition) is 1. The lowest BCUT2D eigenvalue weighted by Gasteiger charge is -2.00. The molecule has 0 bridgehead atoms. The highest BCUT2D eigenvalue weighted by Gasteiger charge is 2.10. The SMILES string of the molecule is CCc1nc(-c2cccc(OC)c2)sc1/C=C/C(=O)O. The van der Waals surface area contributed by atoms with Crippen LogP contribution < -0.4 is 4.74 Å². The van der Waals surface area contributed by atoms with Crippen LogP contribution in [0.3, 0.4) is 0 Å². The molecule has 1 heterocycles. The van der Waals surface area contributed by atoms with E-state index in [0.29, 0.717) is 0 Å². The van der Waals surface area contributed by atoms with E-state index in [-0.39, 0.29) is 0 Å². The van der Waals surface area contributed by atoms with Crippen molar-refractivity contribution in [3.8, 4) is 16.3 Å². The van der Waals surface area contributed by atoms with Crippen molar-refractivity contribution >= 4 is 23.4 Å². The van der Waals surface area contributed by atoms with Crippen molar-refractivity contribution < 1.29 is 14.6 Å². The molecule has 2 rings (SSSR count). The fourth-order valence-corrected chi connectivity index (χ4v) is 2.83. The van der Waals surface area contributed by atoms with Crippen LogP contribution in [0, 0.1) is 0 Å². The quantitative estimate of drug-likeness (QED) is 0.856. The predicted octanol–water partition coefficient (Wildman–Crippen LogP) is 3.48. The summed E-state index contributed by atoms with van der Waals surface area (Å²) >= 11 is 1.48. The number of rotatable bonds is 5. The van der Waals surface area contributed by atoms with Gasteiger partial charge in [-0.25, -0.2) is 9.78 Å². The van der Waals surface area contributed by atoms with Crippen molar-refractivity contribution in [3.05, 3.63) is 40.9 Å². The number of hydrogen-bond acceptors (Lipinski definition) is 4. The Balaban J connectivity index is 2.40. The molecular formula is C15H15NO3S. The average Bonchev–Trinajstić information content (AvgIpc) is 2.88. The lowest BCUT2D eigenvalue weighted by Crippen LogP contribution is -1.87. The van der Waals surface area contributed by atoms with Crippen LogP contribution in [0.4, 0.5) is 0 Å². The van der Waals surface area contributed by atoms with E-state index >= 15 is 0 Å². The molecular weight excluding hydrogens is 274 g/mol. The van der Waals surface area contributed by atoms with Gasteiger partial charge < -0.3 is 9.84 Å². The summed E-state index contributed by atoms with van der Waals surface area (Å²) in [4.78, 5) is 16.1. The van der Waals surface area contributed by atoms with E-state index in [4.69, 9.17) is 9.84 Å². The number of ether oxygens (including phenoxy) is 1. The van der Waals surface area contributed by atoms with E-state index in [9.17, 15) is 4.79 Å². The summed E-state index contributed by atoms with van der Waals surface area (Å²) in [5.41, 5.74) is 1.88. The van der Waals surface area contributed by atoms with Crippen LogP contribution in [0.2, 0.25) is 0 Å². The smallest absolute Gasteiger partial charge is 0.328 e. The van der Waals surface area contributed by atoms with Gasteiger partial charge in [-0.1, -0.05) is 19.1 Å². The zero-order chi connectivity index (χ0) is 14.5. The monoisotopic (exact) mass is 289 g/mol. The molecule has 104 valence electrons. The Morgan fingerprint density at radius 2 is 2.30 bits per heavy atom. The van der Waals surface area contributed by atoms with Crippen LogP contribution in [0.15, 0.2) is 30.3 Å². The number of aromatic nitrogens is 1. The minimum absolute atomic E-state index is 0.764. The van der Waals surface area contributed by atoms with Crippen LogP contribution in [-0.4, -0.2) is 23.2 Å². The number of benzene rings is 1. The summed E-state index contributed by atoms with van der Waals surface area (Å²) in [7, 11) is 1.62. The summed E-state index contributed by atoms with van der Waals surface area (Å²) < 4.78 is 5.20. The van der Waals surface area contributed by atoms with Crippen molar-refractivity contribution in [1.82, 2.24) is 4.98 Å². The largest absolute Gasteiger partial charge is 0.497 e. The van der Waals surface area contributed by atoms with Gasteiger partial charge in [0, 0.05) is 11.6 Å². The molecule has 5 heteroatoms. The zero-order valence-corrected chi connectivity index (χ0v) is 12.1.